The number of piperidine rings is 1. The molecule has 2 aliphatic rings. The highest BCUT2D eigenvalue weighted by Gasteiger charge is 2.26. The lowest BCUT2D eigenvalue weighted by Gasteiger charge is -2.40. The number of nitrogens with one attached hydrogen (secondary N) is 1. The lowest BCUT2D eigenvalue weighted by atomic mass is 9.90. The van der Waals surface area contributed by atoms with Crippen molar-refractivity contribution in [1.82, 2.24) is 25.0 Å². The standard InChI is InChI=1S/C17H29N5O/c23-17(8-10-22-14-18-13-20-22)19-11-15-5-4-9-21(12-15)16-6-2-1-3-7-16/h13-16H,1-12H2,(H,19,23). The van der Waals surface area contributed by atoms with Crippen LogP contribution >= 0.6 is 0 Å². The van der Waals surface area contributed by atoms with E-state index in [2.05, 4.69) is 20.3 Å². The smallest absolute Gasteiger partial charge is 0.221 e. The molecule has 3 rings (SSSR count). The van der Waals surface area contributed by atoms with E-state index in [0.717, 1.165) is 19.1 Å². The maximum absolute atomic E-state index is 12.0. The van der Waals surface area contributed by atoms with Gasteiger partial charge in [0.1, 0.15) is 12.7 Å². The second-order valence-electron chi connectivity index (χ2n) is 7.01. The molecule has 1 aromatic rings. The van der Waals surface area contributed by atoms with Crippen LogP contribution in [0.1, 0.15) is 51.4 Å². The highest BCUT2D eigenvalue weighted by Crippen LogP contribution is 2.26. The lowest BCUT2D eigenvalue weighted by Crippen LogP contribution is -2.46. The zero-order valence-electron chi connectivity index (χ0n) is 14.0. The number of nitrogens with zero attached hydrogens (tertiary/aromatic N) is 4. The fourth-order valence-electron chi connectivity index (χ4n) is 3.95. The Bertz CT molecular complexity index is 469. The average Bonchev–Trinajstić information content (AvgIpc) is 3.13. The van der Waals surface area contributed by atoms with Gasteiger partial charge in [-0.05, 0) is 38.1 Å². The Balaban J connectivity index is 1.36. The number of carbonyl (C=O) groups excluding carboxylic acids is 1. The molecule has 6 nitrogen and oxygen atoms in total. The summed E-state index contributed by atoms with van der Waals surface area (Å²) in [6.45, 7) is 3.83. The summed E-state index contributed by atoms with van der Waals surface area (Å²) in [4.78, 5) is 18.6. The van der Waals surface area contributed by atoms with Gasteiger partial charge in [0.25, 0.3) is 0 Å². The van der Waals surface area contributed by atoms with Gasteiger partial charge in [0.15, 0.2) is 0 Å². The minimum Gasteiger partial charge on any atom is -0.356 e. The molecular formula is C17H29N5O. The second-order valence-corrected chi connectivity index (χ2v) is 7.01. The molecule has 1 aliphatic heterocycles. The Hall–Kier alpha value is -1.43. The van der Waals surface area contributed by atoms with Gasteiger partial charge in [0.2, 0.25) is 5.91 Å². The molecule has 1 aliphatic carbocycles. The topological polar surface area (TPSA) is 63.1 Å². The first-order valence-electron chi connectivity index (χ1n) is 9.14. The van der Waals surface area contributed by atoms with Crippen molar-refractivity contribution in [1.29, 1.82) is 0 Å². The van der Waals surface area contributed by atoms with Crippen molar-refractivity contribution >= 4 is 5.91 Å². The predicted molar refractivity (Wildman–Crippen MR) is 88.8 cm³/mol. The first-order chi connectivity index (χ1) is 11.3. The van der Waals surface area contributed by atoms with Crippen LogP contribution in [0.15, 0.2) is 12.7 Å². The van der Waals surface area contributed by atoms with Crippen LogP contribution < -0.4 is 5.32 Å². The molecule has 0 radical (unpaired) electrons. The SMILES string of the molecule is O=C(CCn1cncn1)NCC1CCCN(C2CCCCC2)C1. The van der Waals surface area contributed by atoms with E-state index < -0.39 is 0 Å². The van der Waals surface area contributed by atoms with Gasteiger partial charge in [-0.15, -0.1) is 0 Å². The maximum Gasteiger partial charge on any atom is 0.221 e. The number of rotatable bonds is 6. The van der Waals surface area contributed by atoms with Crippen molar-refractivity contribution in [3.63, 3.8) is 0 Å². The maximum atomic E-state index is 12.0. The Labute approximate surface area is 138 Å². The molecule has 1 amide bonds. The van der Waals surface area contributed by atoms with Gasteiger partial charge in [-0.25, -0.2) is 4.98 Å². The second kappa shape index (κ2) is 8.43. The zero-order valence-corrected chi connectivity index (χ0v) is 14.0. The Kier molecular flexibility index (Phi) is 6.02. The van der Waals surface area contributed by atoms with Crippen molar-refractivity contribution in [2.45, 2.75) is 64.0 Å². The molecule has 0 aromatic carbocycles. The summed E-state index contributed by atoms with van der Waals surface area (Å²) in [6, 6.07) is 0.801. The fraction of sp³-hybridized carbons (Fsp3) is 0.824. The zero-order chi connectivity index (χ0) is 15.9. The molecule has 1 saturated heterocycles. The van der Waals surface area contributed by atoms with Crippen LogP contribution in [0, 0.1) is 5.92 Å². The molecular weight excluding hydrogens is 290 g/mol. The van der Waals surface area contributed by atoms with Crippen LogP contribution in [-0.2, 0) is 11.3 Å². The molecule has 0 bridgehead atoms. The van der Waals surface area contributed by atoms with Gasteiger partial charge in [-0.3, -0.25) is 9.48 Å². The van der Waals surface area contributed by atoms with Gasteiger partial charge in [0.05, 0.1) is 6.54 Å². The highest BCUT2D eigenvalue weighted by atomic mass is 16.1. The summed E-state index contributed by atoms with van der Waals surface area (Å²) in [5.41, 5.74) is 0. The molecule has 2 fully saturated rings. The predicted octanol–water partition coefficient (Wildman–Crippen LogP) is 1.83. The lowest BCUT2D eigenvalue weighted by molar-refractivity contribution is -0.121. The van der Waals surface area contributed by atoms with Gasteiger partial charge >= 0.3 is 0 Å². The van der Waals surface area contributed by atoms with Crippen LogP contribution in [0.2, 0.25) is 0 Å². The van der Waals surface area contributed by atoms with Crippen LogP contribution in [0.4, 0.5) is 0 Å². The first kappa shape index (κ1) is 16.4. The monoisotopic (exact) mass is 319 g/mol. The molecule has 128 valence electrons. The quantitative estimate of drug-likeness (QED) is 0.869. The molecule has 1 unspecified atom stereocenters. The third-order valence-corrected chi connectivity index (χ3v) is 5.26. The van der Waals surface area contributed by atoms with E-state index in [9.17, 15) is 4.79 Å². The number of aryl methyl sites for hydroxylation is 1. The van der Waals surface area contributed by atoms with Crippen molar-refractivity contribution in [2.75, 3.05) is 19.6 Å². The highest BCUT2D eigenvalue weighted by molar-refractivity contribution is 5.75. The third-order valence-electron chi connectivity index (χ3n) is 5.26. The number of carbonyl (C=O) groups is 1. The Morgan fingerprint density at radius 1 is 1.17 bits per heavy atom. The van der Waals surface area contributed by atoms with Gasteiger partial charge < -0.3 is 10.2 Å². The molecule has 1 saturated carbocycles. The van der Waals surface area contributed by atoms with Gasteiger partial charge in [-0.1, -0.05) is 19.3 Å². The van der Waals surface area contributed by atoms with Crippen molar-refractivity contribution in [3.8, 4) is 0 Å². The number of likely N-dealkylation sites (tertiary alicyclic amines) is 1. The normalized spacial score (nSPS) is 23.7. The van der Waals surface area contributed by atoms with E-state index >= 15 is 0 Å². The number of hydrogen-bond donors (Lipinski definition) is 1. The molecule has 1 N–H and O–H groups in total. The van der Waals surface area contributed by atoms with Crippen LogP contribution in [0.3, 0.4) is 0 Å². The number of aromatic nitrogens is 3. The largest absolute Gasteiger partial charge is 0.356 e. The minimum atomic E-state index is 0.121. The van der Waals surface area contributed by atoms with E-state index in [1.165, 1.54) is 57.8 Å². The summed E-state index contributed by atoms with van der Waals surface area (Å²) in [6.07, 6.45) is 13.1. The van der Waals surface area contributed by atoms with Gasteiger partial charge in [-0.2, -0.15) is 5.10 Å². The molecule has 23 heavy (non-hydrogen) atoms. The van der Waals surface area contributed by atoms with E-state index in [1.54, 1.807) is 11.0 Å². The van der Waals surface area contributed by atoms with Crippen LogP contribution in [0.5, 0.6) is 0 Å². The Morgan fingerprint density at radius 3 is 2.83 bits per heavy atom. The molecule has 0 spiro atoms. The summed E-state index contributed by atoms with van der Waals surface area (Å²) < 4.78 is 1.70. The average molecular weight is 319 g/mol. The van der Waals surface area contributed by atoms with Gasteiger partial charge in [0, 0.05) is 25.6 Å². The van der Waals surface area contributed by atoms with Crippen LogP contribution in [0.25, 0.3) is 0 Å². The molecule has 1 atom stereocenters. The fourth-order valence-corrected chi connectivity index (χ4v) is 3.95. The van der Waals surface area contributed by atoms with E-state index in [1.807, 2.05) is 0 Å². The van der Waals surface area contributed by atoms with Crippen molar-refractivity contribution in [2.24, 2.45) is 5.92 Å². The Morgan fingerprint density at radius 2 is 2.04 bits per heavy atom. The summed E-state index contributed by atoms with van der Waals surface area (Å²) in [7, 11) is 0. The minimum absolute atomic E-state index is 0.121. The van der Waals surface area contributed by atoms with Crippen molar-refractivity contribution < 1.29 is 4.79 Å². The summed E-state index contributed by atoms with van der Waals surface area (Å²) in [5, 5.41) is 7.13. The third kappa shape index (κ3) is 5.03. The molecule has 1 aromatic heterocycles. The van der Waals surface area contributed by atoms with Crippen molar-refractivity contribution in [3.05, 3.63) is 12.7 Å². The first-order valence-corrected chi connectivity index (χ1v) is 9.14. The molecule has 2 heterocycles. The number of amides is 1. The van der Waals surface area contributed by atoms with E-state index in [0.29, 0.717) is 18.9 Å². The van der Waals surface area contributed by atoms with E-state index in [4.69, 9.17) is 0 Å². The summed E-state index contributed by atoms with van der Waals surface area (Å²) >= 11 is 0. The van der Waals surface area contributed by atoms with Crippen LogP contribution in [-0.4, -0.2) is 51.2 Å². The van der Waals surface area contributed by atoms with E-state index in [-0.39, 0.29) is 5.91 Å². The summed E-state index contributed by atoms with van der Waals surface area (Å²) in [5.74, 6) is 0.733. The molecule has 6 heteroatoms. The number of hydrogen-bond acceptors (Lipinski definition) is 4.